The minimum Gasteiger partial charge on any atom is -0.251 e. The van der Waals surface area contributed by atoms with Crippen molar-refractivity contribution in [3.63, 3.8) is 0 Å². The van der Waals surface area contributed by atoms with Crippen LogP contribution in [0.25, 0.3) is 0 Å². The van der Waals surface area contributed by atoms with Gasteiger partial charge in [-0.3, -0.25) is 4.39 Å². The second kappa shape index (κ2) is 7.04. The van der Waals surface area contributed by atoms with Crippen LogP contribution in [0.1, 0.15) is 85.5 Å². The largest absolute Gasteiger partial charge is 0.251 e. The van der Waals surface area contributed by atoms with Gasteiger partial charge in [-0.1, -0.05) is 40.5 Å². The van der Waals surface area contributed by atoms with Crippen LogP contribution in [-0.2, 0) is 0 Å². The molecule has 23 heavy (non-hydrogen) atoms. The number of rotatable bonds is 5. The number of hydrogen-bond acceptors (Lipinski definition) is 0. The van der Waals surface area contributed by atoms with Crippen molar-refractivity contribution in [2.24, 2.45) is 46.8 Å². The van der Waals surface area contributed by atoms with Gasteiger partial charge in [0.2, 0.25) is 0 Å². The molecular weight excluding hydrogens is 283 g/mol. The topological polar surface area (TPSA) is 0 Å². The van der Waals surface area contributed by atoms with E-state index in [1.54, 1.807) is 0 Å². The van der Waals surface area contributed by atoms with Crippen molar-refractivity contribution in [3.05, 3.63) is 0 Å². The molecule has 0 spiro atoms. The first-order valence-corrected chi connectivity index (χ1v) is 10.6. The van der Waals surface area contributed by atoms with E-state index in [-0.39, 0.29) is 6.67 Å². The molecule has 0 aromatic rings. The Bertz CT molecular complexity index is 389. The van der Waals surface area contributed by atoms with E-state index in [9.17, 15) is 4.39 Å². The summed E-state index contributed by atoms with van der Waals surface area (Å²) >= 11 is 0. The van der Waals surface area contributed by atoms with E-state index in [2.05, 4.69) is 27.7 Å². The summed E-state index contributed by atoms with van der Waals surface area (Å²) in [6, 6.07) is 0. The lowest BCUT2D eigenvalue weighted by Gasteiger charge is -2.55. The third-order valence-corrected chi connectivity index (χ3v) is 8.50. The molecule has 0 aromatic heterocycles. The first-order valence-electron chi connectivity index (χ1n) is 10.6. The summed E-state index contributed by atoms with van der Waals surface area (Å²) in [5.74, 6) is 6.16. The van der Waals surface area contributed by atoms with Gasteiger partial charge in [-0.05, 0) is 91.8 Å². The zero-order valence-corrected chi connectivity index (χ0v) is 16.0. The molecular formula is C22H39F. The van der Waals surface area contributed by atoms with Gasteiger partial charge >= 0.3 is 0 Å². The van der Waals surface area contributed by atoms with E-state index in [0.717, 1.165) is 41.9 Å². The Labute approximate surface area is 144 Å². The Kier molecular flexibility index (Phi) is 5.43. The molecule has 1 heteroatoms. The molecule has 0 amide bonds. The van der Waals surface area contributed by atoms with Crippen LogP contribution in [0.15, 0.2) is 0 Å². The van der Waals surface area contributed by atoms with Crippen LogP contribution in [0.3, 0.4) is 0 Å². The van der Waals surface area contributed by atoms with Gasteiger partial charge in [0.15, 0.2) is 0 Å². The predicted molar refractivity (Wildman–Crippen MR) is 97.1 cm³/mol. The van der Waals surface area contributed by atoms with Gasteiger partial charge in [-0.2, -0.15) is 0 Å². The minimum atomic E-state index is -0.0984. The quantitative estimate of drug-likeness (QED) is 0.517. The second-order valence-corrected chi connectivity index (χ2v) is 9.67. The Hall–Kier alpha value is -0.0700. The molecule has 0 nitrogen and oxygen atoms in total. The van der Waals surface area contributed by atoms with Gasteiger partial charge in [0.25, 0.3) is 0 Å². The van der Waals surface area contributed by atoms with Crippen molar-refractivity contribution in [1.29, 1.82) is 0 Å². The minimum absolute atomic E-state index is 0.0984. The Balaban J connectivity index is 1.79. The lowest BCUT2D eigenvalue weighted by atomic mass is 9.50. The van der Waals surface area contributed by atoms with Gasteiger partial charge in [-0.15, -0.1) is 0 Å². The number of halogens is 1. The zero-order chi connectivity index (χ0) is 16.6. The van der Waals surface area contributed by atoms with Gasteiger partial charge in [0.05, 0.1) is 6.67 Å². The highest BCUT2D eigenvalue weighted by molar-refractivity contribution is 5.05. The van der Waals surface area contributed by atoms with E-state index in [4.69, 9.17) is 0 Å². The summed E-state index contributed by atoms with van der Waals surface area (Å²) < 4.78 is 13.0. The van der Waals surface area contributed by atoms with Crippen LogP contribution >= 0.6 is 0 Å². The fourth-order valence-electron chi connectivity index (χ4n) is 7.65. The molecule has 3 aliphatic rings. The van der Waals surface area contributed by atoms with E-state index >= 15 is 0 Å². The molecule has 0 aromatic carbocycles. The lowest BCUT2D eigenvalue weighted by molar-refractivity contribution is -0.0619. The fourth-order valence-corrected chi connectivity index (χ4v) is 7.65. The van der Waals surface area contributed by atoms with Gasteiger partial charge in [-0.25, -0.2) is 0 Å². The first kappa shape index (κ1) is 17.7. The molecule has 3 fully saturated rings. The maximum atomic E-state index is 13.0. The molecule has 3 rings (SSSR count). The Morgan fingerprint density at radius 3 is 2.43 bits per heavy atom. The number of fused-ring (bicyclic) bond motifs is 3. The molecule has 0 heterocycles. The fraction of sp³-hybridized carbons (Fsp3) is 1.00. The van der Waals surface area contributed by atoms with E-state index < -0.39 is 0 Å². The molecule has 0 radical (unpaired) electrons. The first-order chi connectivity index (χ1) is 11.0. The van der Waals surface area contributed by atoms with Crippen LogP contribution in [0.4, 0.5) is 4.39 Å². The van der Waals surface area contributed by atoms with Crippen LogP contribution in [-0.4, -0.2) is 6.67 Å². The Morgan fingerprint density at radius 2 is 1.78 bits per heavy atom. The molecule has 0 bridgehead atoms. The van der Waals surface area contributed by atoms with Crippen molar-refractivity contribution in [1.82, 2.24) is 0 Å². The highest BCUT2D eigenvalue weighted by atomic mass is 19.1. The van der Waals surface area contributed by atoms with E-state index in [1.165, 1.54) is 51.4 Å². The normalized spacial score (nSPS) is 46.7. The summed E-state index contributed by atoms with van der Waals surface area (Å²) in [5, 5.41) is 0. The SMILES string of the molecule is CCCC1C(CCF)CCC2C1CCC1(C)C(C(C)C)CCC21. The van der Waals surface area contributed by atoms with Crippen molar-refractivity contribution in [3.8, 4) is 0 Å². The van der Waals surface area contributed by atoms with Crippen molar-refractivity contribution in [2.45, 2.75) is 85.5 Å². The maximum Gasteiger partial charge on any atom is 0.0897 e. The van der Waals surface area contributed by atoms with Crippen molar-refractivity contribution < 1.29 is 4.39 Å². The summed E-state index contributed by atoms with van der Waals surface area (Å²) in [6.45, 7) is 9.76. The van der Waals surface area contributed by atoms with Crippen LogP contribution in [0.5, 0.6) is 0 Å². The smallest absolute Gasteiger partial charge is 0.0897 e. The zero-order valence-electron chi connectivity index (χ0n) is 16.0. The molecule has 7 unspecified atom stereocenters. The van der Waals surface area contributed by atoms with E-state index in [1.807, 2.05) is 0 Å². The monoisotopic (exact) mass is 322 g/mol. The van der Waals surface area contributed by atoms with Crippen molar-refractivity contribution >= 4 is 0 Å². The average molecular weight is 323 g/mol. The summed E-state index contributed by atoms with van der Waals surface area (Å²) in [7, 11) is 0. The van der Waals surface area contributed by atoms with Crippen LogP contribution in [0.2, 0.25) is 0 Å². The van der Waals surface area contributed by atoms with Gasteiger partial charge in [0.1, 0.15) is 0 Å². The molecule has 7 atom stereocenters. The standard InChI is InChI=1S/C22H39F/c1-5-6-17-16(12-14-23)7-8-19-18(17)11-13-22(4)20(15(2)3)9-10-21(19)22/h15-21H,5-14H2,1-4H3. The lowest BCUT2D eigenvalue weighted by Crippen LogP contribution is -2.48. The van der Waals surface area contributed by atoms with Gasteiger partial charge < -0.3 is 0 Å². The second-order valence-electron chi connectivity index (χ2n) is 9.67. The van der Waals surface area contributed by atoms with E-state index in [0.29, 0.717) is 11.3 Å². The summed E-state index contributed by atoms with van der Waals surface area (Å²) in [4.78, 5) is 0. The predicted octanol–water partition coefficient (Wildman–Crippen LogP) is 6.89. The summed E-state index contributed by atoms with van der Waals surface area (Å²) in [5.41, 5.74) is 0.610. The number of hydrogen-bond donors (Lipinski definition) is 0. The van der Waals surface area contributed by atoms with Crippen LogP contribution in [0, 0.1) is 46.8 Å². The molecule has 0 N–H and O–H groups in total. The number of alkyl halides is 1. The molecule has 0 saturated heterocycles. The average Bonchev–Trinajstić information content (AvgIpc) is 2.87. The highest BCUT2D eigenvalue weighted by Crippen LogP contribution is 2.64. The maximum absolute atomic E-state index is 13.0. The third-order valence-electron chi connectivity index (χ3n) is 8.50. The van der Waals surface area contributed by atoms with Gasteiger partial charge in [0, 0.05) is 0 Å². The third kappa shape index (κ3) is 2.99. The molecule has 0 aliphatic heterocycles. The molecule has 134 valence electrons. The summed E-state index contributed by atoms with van der Waals surface area (Å²) in [6.07, 6.45) is 12.0. The molecule has 3 saturated carbocycles. The van der Waals surface area contributed by atoms with Crippen molar-refractivity contribution in [2.75, 3.05) is 6.67 Å². The van der Waals surface area contributed by atoms with Crippen LogP contribution < -0.4 is 0 Å². The molecule has 3 aliphatic carbocycles. The Morgan fingerprint density at radius 1 is 1.00 bits per heavy atom. The highest BCUT2D eigenvalue weighted by Gasteiger charge is 2.56.